The molecule has 0 aliphatic heterocycles. The molecule has 1 aromatic carbocycles. The van der Waals surface area contributed by atoms with Crippen molar-refractivity contribution in [3.8, 4) is 0 Å². The topological polar surface area (TPSA) is 89.3 Å². The Kier molecular flexibility index (Phi) is 6.25. The zero-order valence-corrected chi connectivity index (χ0v) is 13.8. The van der Waals surface area contributed by atoms with Crippen molar-refractivity contribution in [2.24, 2.45) is 5.73 Å². The van der Waals surface area contributed by atoms with Gasteiger partial charge in [-0.15, -0.1) is 0 Å². The second-order valence-electron chi connectivity index (χ2n) is 4.48. The van der Waals surface area contributed by atoms with Crippen LogP contribution >= 0.6 is 12.2 Å². The van der Waals surface area contributed by atoms with Crippen LogP contribution in [-0.2, 0) is 20.8 Å². The Hall–Kier alpha value is -0.830. The lowest BCUT2D eigenvalue weighted by Crippen LogP contribution is -2.33. The maximum Gasteiger partial charge on any atom is 0.240 e. The first-order valence-electron chi connectivity index (χ1n) is 5.94. The first-order valence-corrected chi connectivity index (χ1v) is 9.56. The van der Waals surface area contributed by atoms with Gasteiger partial charge >= 0.3 is 0 Å². The van der Waals surface area contributed by atoms with E-state index in [9.17, 15) is 12.6 Å². The maximum atomic E-state index is 12.2. The molecule has 0 amide bonds. The number of benzene rings is 1. The fraction of sp³-hybridized carbons (Fsp3) is 0.417. The molecule has 5 nitrogen and oxygen atoms in total. The fourth-order valence-corrected chi connectivity index (χ4v) is 3.69. The number of nitrogens with one attached hydrogen (secondary N) is 1. The molecule has 20 heavy (non-hydrogen) atoms. The third kappa shape index (κ3) is 5.28. The Balaban J connectivity index is 2.85. The summed E-state index contributed by atoms with van der Waals surface area (Å²) < 4.78 is 37.9. The van der Waals surface area contributed by atoms with E-state index in [4.69, 9.17) is 18.0 Å². The summed E-state index contributed by atoms with van der Waals surface area (Å²) >= 11 is 4.83. The van der Waals surface area contributed by atoms with Crippen molar-refractivity contribution in [2.75, 3.05) is 12.0 Å². The van der Waals surface area contributed by atoms with Crippen molar-refractivity contribution in [1.82, 2.24) is 4.72 Å². The summed E-state index contributed by atoms with van der Waals surface area (Å²) in [5, 5.41) is 0. The highest BCUT2D eigenvalue weighted by Gasteiger charge is 2.18. The molecule has 3 N–H and O–H groups in total. The minimum atomic E-state index is -3.63. The zero-order valence-electron chi connectivity index (χ0n) is 11.3. The molecule has 0 bridgehead atoms. The second kappa shape index (κ2) is 7.26. The van der Waals surface area contributed by atoms with Gasteiger partial charge in [0.05, 0.1) is 4.90 Å². The van der Waals surface area contributed by atoms with Crippen LogP contribution < -0.4 is 10.5 Å². The van der Waals surface area contributed by atoms with E-state index in [1.165, 1.54) is 12.1 Å². The van der Waals surface area contributed by atoms with Crippen LogP contribution in [0.15, 0.2) is 29.2 Å². The highest BCUT2D eigenvalue weighted by Crippen LogP contribution is 2.12. The van der Waals surface area contributed by atoms with Crippen molar-refractivity contribution in [2.45, 2.75) is 24.3 Å². The molecule has 1 aromatic rings. The third-order valence-electron chi connectivity index (χ3n) is 2.62. The Labute approximate surface area is 127 Å². The van der Waals surface area contributed by atoms with Gasteiger partial charge in [-0.2, -0.15) is 0 Å². The van der Waals surface area contributed by atoms with Gasteiger partial charge in [-0.05, 0) is 25.5 Å². The first kappa shape index (κ1) is 17.2. The van der Waals surface area contributed by atoms with Gasteiger partial charge < -0.3 is 5.73 Å². The normalized spacial score (nSPS) is 14.7. The van der Waals surface area contributed by atoms with E-state index in [1.807, 2.05) is 0 Å². The summed E-state index contributed by atoms with van der Waals surface area (Å²) in [7, 11) is -4.56. The lowest BCUT2D eigenvalue weighted by Gasteiger charge is -2.14. The summed E-state index contributed by atoms with van der Waals surface area (Å²) in [4.78, 5) is 0.267. The predicted molar refractivity (Wildman–Crippen MR) is 85.7 cm³/mol. The van der Waals surface area contributed by atoms with Crippen molar-refractivity contribution in [1.29, 1.82) is 0 Å². The van der Waals surface area contributed by atoms with E-state index < -0.39 is 20.8 Å². The number of thiocarbonyl (C=S) groups is 1. The lowest BCUT2D eigenvalue weighted by atomic mass is 10.2. The van der Waals surface area contributed by atoms with Crippen LogP contribution in [0.1, 0.15) is 18.9 Å². The van der Waals surface area contributed by atoms with E-state index in [2.05, 4.69) is 4.72 Å². The van der Waals surface area contributed by atoms with Crippen LogP contribution in [0.5, 0.6) is 0 Å². The Morgan fingerprint density at radius 2 is 2.15 bits per heavy atom. The van der Waals surface area contributed by atoms with E-state index >= 15 is 0 Å². The Morgan fingerprint density at radius 1 is 1.50 bits per heavy atom. The molecule has 2 atom stereocenters. The van der Waals surface area contributed by atoms with E-state index in [-0.39, 0.29) is 15.9 Å². The van der Waals surface area contributed by atoms with Gasteiger partial charge in [-0.25, -0.2) is 13.1 Å². The van der Waals surface area contributed by atoms with Crippen molar-refractivity contribution < 1.29 is 12.6 Å². The van der Waals surface area contributed by atoms with Crippen LogP contribution in [0.3, 0.4) is 0 Å². The molecule has 0 spiro atoms. The van der Waals surface area contributed by atoms with Gasteiger partial charge in [-0.1, -0.05) is 24.4 Å². The average molecular weight is 334 g/mol. The molecule has 8 heteroatoms. The SMILES string of the molecule is CC(CCS(C)=O)NS(=O)(=O)c1cccc(C(N)=S)c1. The predicted octanol–water partition coefficient (Wildman–Crippen LogP) is 0.756. The molecule has 0 radical (unpaired) electrons. The van der Waals surface area contributed by atoms with Crippen molar-refractivity contribution in [3.63, 3.8) is 0 Å². The minimum Gasteiger partial charge on any atom is -0.389 e. The highest BCUT2D eigenvalue weighted by molar-refractivity contribution is 7.89. The third-order valence-corrected chi connectivity index (χ3v) is 5.26. The number of nitrogens with two attached hydrogens (primary N) is 1. The minimum absolute atomic E-state index is 0.118. The van der Waals surface area contributed by atoms with Crippen LogP contribution in [0.2, 0.25) is 0 Å². The monoisotopic (exact) mass is 334 g/mol. The van der Waals surface area contributed by atoms with Crippen LogP contribution in [-0.4, -0.2) is 35.7 Å². The van der Waals surface area contributed by atoms with E-state index in [1.54, 1.807) is 25.3 Å². The molecule has 0 heterocycles. The highest BCUT2D eigenvalue weighted by atomic mass is 32.2. The van der Waals surface area contributed by atoms with Gasteiger partial charge in [0.1, 0.15) is 4.99 Å². The van der Waals surface area contributed by atoms with Crippen LogP contribution in [0.4, 0.5) is 0 Å². The number of rotatable bonds is 7. The average Bonchev–Trinajstić information content (AvgIpc) is 2.36. The number of hydrogen-bond donors (Lipinski definition) is 2. The summed E-state index contributed by atoms with van der Waals surface area (Å²) in [6.45, 7) is 1.74. The first-order chi connectivity index (χ1) is 9.22. The van der Waals surface area contributed by atoms with Gasteiger partial charge in [-0.3, -0.25) is 4.21 Å². The smallest absolute Gasteiger partial charge is 0.240 e. The summed E-state index contributed by atoms with van der Waals surface area (Å²) in [6, 6.07) is 5.88. The van der Waals surface area contributed by atoms with Gasteiger partial charge in [0.25, 0.3) is 0 Å². The molecule has 112 valence electrons. The van der Waals surface area contributed by atoms with Gasteiger partial charge in [0.2, 0.25) is 10.0 Å². The Bertz CT molecular complexity index is 614. The largest absolute Gasteiger partial charge is 0.389 e. The molecule has 0 saturated heterocycles. The molecule has 0 aliphatic rings. The summed E-state index contributed by atoms with van der Waals surface area (Å²) in [6.07, 6.45) is 2.10. The zero-order chi connectivity index (χ0) is 15.3. The van der Waals surface area contributed by atoms with Gasteiger partial charge in [0.15, 0.2) is 0 Å². The lowest BCUT2D eigenvalue weighted by molar-refractivity contribution is 0.556. The second-order valence-corrected chi connectivity index (χ2v) is 8.19. The molecule has 1 rings (SSSR count). The van der Waals surface area contributed by atoms with E-state index in [0.29, 0.717) is 17.7 Å². The summed E-state index contributed by atoms with van der Waals surface area (Å²) in [5.74, 6) is 0.455. The quantitative estimate of drug-likeness (QED) is 0.719. The van der Waals surface area contributed by atoms with Gasteiger partial charge in [0, 0.05) is 34.4 Å². The van der Waals surface area contributed by atoms with Crippen LogP contribution in [0, 0.1) is 0 Å². The summed E-state index contributed by atoms with van der Waals surface area (Å²) in [5.41, 5.74) is 6.00. The molecule has 0 aromatic heterocycles. The number of hydrogen-bond acceptors (Lipinski definition) is 4. The van der Waals surface area contributed by atoms with Crippen LogP contribution in [0.25, 0.3) is 0 Å². The number of sulfonamides is 1. The maximum absolute atomic E-state index is 12.2. The molecular formula is C12H18N2O3S3. The molecule has 0 saturated carbocycles. The van der Waals surface area contributed by atoms with Crippen molar-refractivity contribution in [3.05, 3.63) is 29.8 Å². The molecule has 0 aliphatic carbocycles. The Morgan fingerprint density at radius 3 is 2.70 bits per heavy atom. The standard InChI is InChI=1S/C12H18N2O3S3/c1-9(6-7-19(2)15)14-20(16,17)11-5-3-4-10(8-11)12(13)18/h3-5,8-9,14H,6-7H2,1-2H3,(H2,13,18). The fourth-order valence-electron chi connectivity index (χ4n) is 1.55. The molecular weight excluding hydrogens is 316 g/mol. The van der Waals surface area contributed by atoms with E-state index in [0.717, 1.165) is 0 Å². The van der Waals surface area contributed by atoms with Crippen molar-refractivity contribution >= 4 is 38.0 Å². The molecule has 2 unspecified atom stereocenters. The molecule has 0 fully saturated rings.